The van der Waals surface area contributed by atoms with Crippen LogP contribution in [0.4, 0.5) is 4.39 Å². The van der Waals surface area contributed by atoms with Crippen LogP contribution >= 0.6 is 11.6 Å². The van der Waals surface area contributed by atoms with E-state index in [9.17, 15) is 9.18 Å². The smallest absolute Gasteiger partial charge is 0.251 e. The van der Waals surface area contributed by atoms with Crippen molar-refractivity contribution >= 4 is 17.5 Å². The van der Waals surface area contributed by atoms with Crippen molar-refractivity contribution in [2.24, 2.45) is 5.92 Å². The highest BCUT2D eigenvalue weighted by Crippen LogP contribution is 2.26. The molecule has 2 saturated carbocycles. The molecule has 0 unspecified atom stereocenters. The molecule has 2 aliphatic carbocycles. The molecule has 0 bridgehead atoms. The summed E-state index contributed by atoms with van der Waals surface area (Å²) in [5, 5.41) is 6.79. The Bertz CT molecular complexity index is 548. The molecule has 3 rings (SSSR count). The fraction of sp³-hybridized carbons (Fsp3) is 0.632. The van der Waals surface area contributed by atoms with Gasteiger partial charge in [0.05, 0.1) is 0 Å². The zero-order chi connectivity index (χ0) is 16.9. The first-order valence-electron chi connectivity index (χ1n) is 9.10. The van der Waals surface area contributed by atoms with Crippen LogP contribution in [0.1, 0.15) is 61.7 Å². The number of hydrogen-bond acceptors (Lipinski definition) is 2. The van der Waals surface area contributed by atoms with Gasteiger partial charge in [-0.2, -0.15) is 0 Å². The second-order valence-corrected chi connectivity index (χ2v) is 7.68. The molecule has 2 N–H and O–H groups in total. The van der Waals surface area contributed by atoms with Crippen LogP contribution in [0.5, 0.6) is 0 Å². The normalized spacial score (nSPS) is 24.4. The highest BCUT2D eigenvalue weighted by atomic mass is 35.5. The molecule has 0 aromatic heterocycles. The van der Waals surface area contributed by atoms with Crippen LogP contribution < -0.4 is 10.6 Å². The summed E-state index contributed by atoms with van der Waals surface area (Å²) < 4.78 is 13.3. The number of carbonyl (C=O) groups is 1. The van der Waals surface area contributed by atoms with Crippen molar-refractivity contribution in [3.63, 3.8) is 0 Å². The third-order valence-electron chi connectivity index (χ3n) is 5.31. The molecule has 5 heteroatoms. The van der Waals surface area contributed by atoms with Crippen molar-refractivity contribution in [1.29, 1.82) is 0 Å². The Kier molecular flexibility index (Phi) is 6.12. The zero-order valence-corrected chi connectivity index (χ0v) is 14.7. The van der Waals surface area contributed by atoms with Crippen LogP contribution in [0.2, 0.25) is 5.02 Å². The minimum atomic E-state index is -0.483. The van der Waals surface area contributed by atoms with E-state index in [2.05, 4.69) is 10.6 Å². The molecule has 0 atom stereocenters. The first kappa shape index (κ1) is 17.7. The molecular weight excluding hydrogens is 327 g/mol. The zero-order valence-electron chi connectivity index (χ0n) is 14.0. The third kappa shape index (κ3) is 4.93. The number of halogens is 2. The van der Waals surface area contributed by atoms with Gasteiger partial charge in [-0.05, 0) is 49.9 Å². The van der Waals surface area contributed by atoms with E-state index in [4.69, 9.17) is 11.6 Å². The summed E-state index contributed by atoms with van der Waals surface area (Å²) in [6.45, 7) is 1.08. The Morgan fingerprint density at radius 2 is 1.88 bits per heavy atom. The molecule has 3 nitrogen and oxygen atoms in total. The number of carbonyl (C=O) groups excluding carboxylic acids is 1. The number of nitrogens with one attached hydrogen (secondary N) is 2. The molecule has 1 aromatic rings. The van der Waals surface area contributed by atoms with E-state index in [0.717, 1.165) is 25.3 Å². The summed E-state index contributed by atoms with van der Waals surface area (Å²) in [4.78, 5) is 12.1. The Labute approximate surface area is 148 Å². The maximum Gasteiger partial charge on any atom is 0.251 e. The molecule has 1 amide bonds. The molecule has 132 valence electrons. The number of benzene rings is 1. The Hall–Kier alpha value is -1.13. The highest BCUT2D eigenvalue weighted by molar-refractivity contribution is 6.31. The van der Waals surface area contributed by atoms with E-state index in [1.165, 1.54) is 56.7 Å². The second-order valence-electron chi connectivity index (χ2n) is 7.24. The van der Waals surface area contributed by atoms with Crippen molar-refractivity contribution in [2.75, 3.05) is 6.54 Å². The van der Waals surface area contributed by atoms with E-state index < -0.39 is 5.82 Å². The van der Waals surface area contributed by atoms with Gasteiger partial charge in [0, 0.05) is 22.7 Å². The summed E-state index contributed by atoms with van der Waals surface area (Å²) in [7, 11) is 0. The van der Waals surface area contributed by atoms with Gasteiger partial charge in [0.2, 0.25) is 0 Å². The number of hydrogen-bond donors (Lipinski definition) is 2. The second kappa shape index (κ2) is 8.30. The Balaban J connectivity index is 1.33. The van der Waals surface area contributed by atoms with Gasteiger partial charge in [-0.1, -0.05) is 43.7 Å². The van der Waals surface area contributed by atoms with Gasteiger partial charge in [0.1, 0.15) is 5.82 Å². The van der Waals surface area contributed by atoms with Gasteiger partial charge in [-0.25, -0.2) is 4.39 Å². The summed E-state index contributed by atoms with van der Waals surface area (Å²) in [5.41, 5.74) is 0.286. The molecular formula is C19H26ClFN2O. The molecule has 24 heavy (non-hydrogen) atoms. The summed E-state index contributed by atoms with van der Waals surface area (Å²) in [6, 6.07) is 4.59. The van der Waals surface area contributed by atoms with Crippen molar-refractivity contribution in [1.82, 2.24) is 10.6 Å². The Morgan fingerprint density at radius 1 is 1.12 bits per heavy atom. The van der Waals surface area contributed by atoms with E-state index >= 15 is 0 Å². The molecule has 0 radical (unpaired) electrons. The maximum absolute atomic E-state index is 13.3. The third-order valence-corrected chi connectivity index (χ3v) is 5.53. The van der Waals surface area contributed by atoms with E-state index in [0.29, 0.717) is 6.04 Å². The topological polar surface area (TPSA) is 41.1 Å². The standard InChI is InChI=1S/C19H26ClFN2O/c20-15-8-14(9-16(21)10-15)19(24)23-18-11-17(12-18)22-7-6-13-4-2-1-3-5-13/h8-10,13,17-18,22H,1-7,11-12H2,(H,23,24)/t17-,18-. The predicted octanol–water partition coefficient (Wildman–Crippen LogP) is 4.30. The summed E-state index contributed by atoms with van der Waals surface area (Å²) >= 11 is 5.79. The van der Waals surface area contributed by atoms with Gasteiger partial charge >= 0.3 is 0 Å². The molecule has 0 heterocycles. The predicted molar refractivity (Wildman–Crippen MR) is 94.9 cm³/mol. The van der Waals surface area contributed by atoms with Crippen LogP contribution in [0, 0.1) is 11.7 Å². The van der Waals surface area contributed by atoms with Crippen LogP contribution in [0.3, 0.4) is 0 Å². The molecule has 0 aliphatic heterocycles. The van der Waals surface area contributed by atoms with Gasteiger partial charge < -0.3 is 10.6 Å². The molecule has 0 spiro atoms. The first-order valence-corrected chi connectivity index (χ1v) is 9.48. The first-order chi connectivity index (χ1) is 11.6. The van der Waals surface area contributed by atoms with Crippen LogP contribution in [0.15, 0.2) is 18.2 Å². The van der Waals surface area contributed by atoms with Crippen molar-refractivity contribution < 1.29 is 9.18 Å². The van der Waals surface area contributed by atoms with Gasteiger partial charge in [-0.3, -0.25) is 4.79 Å². The lowest BCUT2D eigenvalue weighted by atomic mass is 9.85. The fourth-order valence-electron chi connectivity index (χ4n) is 3.82. The average Bonchev–Trinajstić information content (AvgIpc) is 2.52. The van der Waals surface area contributed by atoms with Crippen LogP contribution in [0.25, 0.3) is 0 Å². The van der Waals surface area contributed by atoms with E-state index in [-0.39, 0.29) is 22.5 Å². The molecule has 0 saturated heterocycles. The minimum Gasteiger partial charge on any atom is -0.349 e. The summed E-state index contributed by atoms with van der Waals surface area (Å²) in [6.07, 6.45) is 10.1. The molecule has 1 aromatic carbocycles. The monoisotopic (exact) mass is 352 g/mol. The molecule has 2 fully saturated rings. The molecule has 2 aliphatic rings. The fourth-order valence-corrected chi connectivity index (χ4v) is 4.05. The number of amides is 1. The van der Waals surface area contributed by atoms with E-state index in [1.54, 1.807) is 0 Å². The minimum absolute atomic E-state index is 0.173. The highest BCUT2D eigenvalue weighted by Gasteiger charge is 2.30. The number of rotatable bonds is 6. The van der Waals surface area contributed by atoms with Gasteiger partial charge in [0.25, 0.3) is 5.91 Å². The maximum atomic E-state index is 13.3. The summed E-state index contributed by atoms with van der Waals surface area (Å²) in [5.74, 6) is 0.171. The van der Waals surface area contributed by atoms with Crippen molar-refractivity contribution in [2.45, 2.75) is 63.5 Å². The van der Waals surface area contributed by atoms with E-state index in [1.807, 2.05) is 0 Å². The SMILES string of the molecule is O=C(N[C@H]1C[C@H](NCCC2CCCCC2)C1)c1cc(F)cc(Cl)c1. The lowest BCUT2D eigenvalue weighted by Gasteiger charge is -2.37. The van der Waals surface area contributed by atoms with Crippen molar-refractivity contribution in [3.05, 3.63) is 34.6 Å². The average molecular weight is 353 g/mol. The van der Waals surface area contributed by atoms with Gasteiger partial charge in [-0.15, -0.1) is 0 Å². The van der Waals surface area contributed by atoms with Crippen molar-refractivity contribution in [3.8, 4) is 0 Å². The van der Waals surface area contributed by atoms with Crippen LogP contribution in [-0.2, 0) is 0 Å². The van der Waals surface area contributed by atoms with Gasteiger partial charge in [0.15, 0.2) is 0 Å². The van der Waals surface area contributed by atoms with Crippen LogP contribution in [-0.4, -0.2) is 24.5 Å². The Morgan fingerprint density at radius 3 is 2.58 bits per heavy atom. The quantitative estimate of drug-likeness (QED) is 0.801. The lowest BCUT2D eigenvalue weighted by Crippen LogP contribution is -2.52. The largest absolute Gasteiger partial charge is 0.349 e. The lowest BCUT2D eigenvalue weighted by molar-refractivity contribution is 0.0901.